The van der Waals surface area contributed by atoms with Gasteiger partial charge in [0.15, 0.2) is 0 Å². The third kappa shape index (κ3) is 3.48. The van der Waals surface area contributed by atoms with Gasteiger partial charge in [0, 0.05) is 10.7 Å². The molecule has 5 heteroatoms. The Labute approximate surface area is 113 Å². The fourth-order valence-electron chi connectivity index (χ4n) is 1.42. The van der Waals surface area contributed by atoms with Crippen molar-refractivity contribution in [2.75, 3.05) is 6.61 Å². The maximum Gasteiger partial charge on any atom is 0.120 e. The average Bonchev–Trinajstić information content (AvgIpc) is 2.58. The van der Waals surface area contributed by atoms with Gasteiger partial charge in [-0.25, -0.2) is 0 Å². The van der Waals surface area contributed by atoms with Gasteiger partial charge in [-0.3, -0.25) is 4.68 Å². The van der Waals surface area contributed by atoms with Crippen LogP contribution in [-0.4, -0.2) is 16.4 Å². The zero-order valence-corrected chi connectivity index (χ0v) is 11.7. The molecule has 1 aromatic carbocycles. The maximum atomic E-state index is 5.92. The summed E-state index contributed by atoms with van der Waals surface area (Å²) >= 11 is 9.31. The summed E-state index contributed by atoms with van der Waals surface area (Å²) in [5.41, 5.74) is 0.842. The lowest BCUT2D eigenvalue weighted by molar-refractivity contribution is 0.291. The lowest BCUT2D eigenvalue weighted by atomic mass is 10.3. The van der Waals surface area contributed by atoms with Crippen LogP contribution >= 0.6 is 27.5 Å². The molecule has 0 saturated heterocycles. The number of benzene rings is 1. The van der Waals surface area contributed by atoms with Crippen LogP contribution in [0.3, 0.4) is 0 Å². The topological polar surface area (TPSA) is 27.1 Å². The van der Waals surface area contributed by atoms with E-state index in [9.17, 15) is 0 Å². The highest BCUT2D eigenvalue weighted by molar-refractivity contribution is 9.10. The number of hydrogen-bond acceptors (Lipinski definition) is 2. The van der Waals surface area contributed by atoms with Crippen LogP contribution in [0.1, 0.15) is 5.69 Å². The van der Waals surface area contributed by atoms with Gasteiger partial charge in [-0.2, -0.15) is 5.10 Å². The molecule has 0 aliphatic carbocycles. The summed E-state index contributed by atoms with van der Waals surface area (Å²) in [4.78, 5) is 0. The summed E-state index contributed by atoms with van der Waals surface area (Å²) in [7, 11) is 0. The Hall–Kier alpha value is -1.000. The molecule has 2 aromatic rings. The molecule has 3 nitrogen and oxygen atoms in total. The predicted octanol–water partition coefficient (Wildman–Crippen LogP) is 3.69. The summed E-state index contributed by atoms with van der Waals surface area (Å²) in [6.07, 6.45) is 1.81. The van der Waals surface area contributed by atoms with Gasteiger partial charge in [-0.05, 0) is 25.1 Å². The zero-order chi connectivity index (χ0) is 12.3. The van der Waals surface area contributed by atoms with Crippen LogP contribution in [0.4, 0.5) is 0 Å². The number of ether oxygens (including phenoxy) is 1. The minimum Gasteiger partial charge on any atom is -0.492 e. The maximum absolute atomic E-state index is 5.92. The molecule has 0 aliphatic heterocycles. The van der Waals surface area contributed by atoms with E-state index in [1.807, 2.05) is 31.2 Å². The average molecular weight is 316 g/mol. The number of halogens is 2. The van der Waals surface area contributed by atoms with E-state index in [0.717, 1.165) is 15.9 Å². The molecule has 0 saturated carbocycles. The first-order chi connectivity index (χ1) is 8.15. The molecule has 0 fully saturated rings. The molecule has 0 atom stereocenters. The van der Waals surface area contributed by atoms with Gasteiger partial charge in [-0.15, -0.1) is 0 Å². The zero-order valence-electron chi connectivity index (χ0n) is 9.36. The van der Waals surface area contributed by atoms with Gasteiger partial charge in [0.2, 0.25) is 0 Å². The fraction of sp³-hybridized carbons (Fsp3) is 0.250. The smallest absolute Gasteiger partial charge is 0.120 e. The molecular formula is C12H12BrClN2O. The number of hydrogen-bond donors (Lipinski definition) is 0. The second-order valence-electron chi connectivity index (χ2n) is 3.63. The summed E-state index contributed by atoms with van der Waals surface area (Å²) in [5.74, 6) is 0.842. The molecule has 0 N–H and O–H groups in total. The minimum atomic E-state index is 0.563. The lowest BCUT2D eigenvalue weighted by Gasteiger charge is -2.06. The SMILES string of the molecule is Cc1nn(CCOc2cccc(Br)c2)cc1Cl. The van der Waals surface area contributed by atoms with Crippen LogP contribution in [0.15, 0.2) is 34.9 Å². The van der Waals surface area contributed by atoms with E-state index in [1.165, 1.54) is 0 Å². The van der Waals surface area contributed by atoms with Crippen molar-refractivity contribution < 1.29 is 4.74 Å². The van der Waals surface area contributed by atoms with Gasteiger partial charge in [0.1, 0.15) is 12.4 Å². The largest absolute Gasteiger partial charge is 0.492 e. The third-order valence-electron chi connectivity index (χ3n) is 2.27. The Bertz CT molecular complexity index is 493. The van der Waals surface area contributed by atoms with Gasteiger partial charge in [-0.1, -0.05) is 33.6 Å². The summed E-state index contributed by atoms with van der Waals surface area (Å²) < 4.78 is 8.40. The van der Waals surface area contributed by atoms with Crippen molar-refractivity contribution in [3.8, 4) is 5.75 Å². The number of nitrogens with zero attached hydrogens (tertiary/aromatic N) is 2. The molecule has 0 unspecified atom stereocenters. The summed E-state index contributed by atoms with van der Waals surface area (Å²) in [5, 5.41) is 4.94. The molecule has 1 aromatic heterocycles. The van der Waals surface area contributed by atoms with E-state index in [1.54, 1.807) is 10.9 Å². The number of aryl methyl sites for hydroxylation is 1. The third-order valence-corrected chi connectivity index (χ3v) is 3.14. The number of rotatable bonds is 4. The van der Waals surface area contributed by atoms with Crippen LogP contribution in [-0.2, 0) is 6.54 Å². The molecule has 0 spiro atoms. The Kier molecular flexibility index (Phi) is 4.07. The lowest BCUT2D eigenvalue weighted by Crippen LogP contribution is -2.08. The second kappa shape index (κ2) is 5.56. The Morgan fingerprint density at radius 3 is 2.94 bits per heavy atom. The van der Waals surface area contributed by atoms with E-state index < -0.39 is 0 Å². The van der Waals surface area contributed by atoms with E-state index in [0.29, 0.717) is 18.2 Å². The first-order valence-electron chi connectivity index (χ1n) is 5.23. The minimum absolute atomic E-state index is 0.563. The molecule has 17 heavy (non-hydrogen) atoms. The normalized spacial score (nSPS) is 10.5. The quantitative estimate of drug-likeness (QED) is 0.860. The van der Waals surface area contributed by atoms with Crippen LogP contribution in [0, 0.1) is 6.92 Å². The predicted molar refractivity (Wildman–Crippen MR) is 71.6 cm³/mol. The second-order valence-corrected chi connectivity index (χ2v) is 4.95. The van der Waals surface area contributed by atoms with E-state index in [2.05, 4.69) is 21.0 Å². The molecule has 0 radical (unpaired) electrons. The Balaban J connectivity index is 1.87. The van der Waals surface area contributed by atoms with Crippen LogP contribution in [0.2, 0.25) is 5.02 Å². The first-order valence-corrected chi connectivity index (χ1v) is 6.40. The number of aromatic nitrogens is 2. The van der Waals surface area contributed by atoms with Crippen molar-refractivity contribution in [3.63, 3.8) is 0 Å². The highest BCUT2D eigenvalue weighted by atomic mass is 79.9. The highest BCUT2D eigenvalue weighted by Crippen LogP contribution is 2.17. The van der Waals surface area contributed by atoms with Gasteiger partial charge < -0.3 is 4.74 Å². The van der Waals surface area contributed by atoms with Crippen LogP contribution in [0.25, 0.3) is 0 Å². The standard InChI is InChI=1S/C12H12BrClN2O/c1-9-12(14)8-16(15-9)5-6-17-11-4-2-3-10(13)7-11/h2-4,7-8H,5-6H2,1H3. The van der Waals surface area contributed by atoms with Crippen molar-refractivity contribution >= 4 is 27.5 Å². The van der Waals surface area contributed by atoms with E-state index in [4.69, 9.17) is 16.3 Å². The molecule has 1 heterocycles. The van der Waals surface area contributed by atoms with Crippen molar-refractivity contribution in [2.24, 2.45) is 0 Å². The van der Waals surface area contributed by atoms with Crippen molar-refractivity contribution in [2.45, 2.75) is 13.5 Å². The molecule has 0 bridgehead atoms. The molecular weight excluding hydrogens is 304 g/mol. The summed E-state index contributed by atoms with van der Waals surface area (Å²) in [6.45, 7) is 3.13. The van der Waals surface area contributed by atoms with Gasteiger partial charge in [0.05, 0.1) is 17.3 Å². The van der Waals surface area contributed by atoms with Crippen molar-refractivity contribution in [3.05, 3.63) is 45.7 Å². The van der Waals surface area contributed by atoms with Gasteiger partial charge >= 0.3 is 0 Å². The first kappa shape index (κ1) is 12.5. The van der Waals surface area contributed by atoms with Crippen molar-refractivity contribution in [1.82, 2.24) is 9.78 Å². The fourth-order valence-corrected chi connectivity index (χ4v) is 1.95. The highest BCUT2D eigenvalue weighted by Gasteiger charge is 2.01. The summed E-state index contributed by atoms with van der Waals surface area (Å²) in [6, 6.07) is 7.76. The van der Waals surface area contributed by atoms with Crippen LogP contribution < -0.4 is 4.74 Å². The van der Waals surface area contributed by atoms with E-state index in [-0.39, 0.29) is 0 Å². The van der Waals surface area contributed by atoms with Crippen molar-refractivity contribution in [1.29, 1.82) is 0 Å². The monoisotopic (exact) mass is 314 g/mol. The Morgan fingerprint density at radius 2 is 2.29 bits per heavy atom. The molecule has 0 amide bonds. The van der Waals surface area contributed by atoms with E-state index >= 15 is 0 Å². The molecule has 90 valence electrons. The van der Waals surface area contributed by atoms with Crippen LogP contribution in [0.5, 0.6) is 5.75 Å². The molecule has 2 rings (SSSR count). The van der Waals surface area contributed by atoms with Gasteiger partial charge in [0.25, 0.3) is 0 Å². The molecule has 0 aliphatic rings. The Morgan fingerprint density at radius 1 is 1.47 bits per heavy atom.